The number of unbranched alkanes of at least 4 members (excludes halogenated alkanes) is 1. The van der Waals surface area contributed by atoms with Crippen molar-refractivity contribution >= 4 is 23.2 Å². The van der Waals surface area contributed by atoms with Crippen LogP contribution in [0.25, 0.3) is 0 Å². The average molecular weight is 382 g/mol. The van der Waals surface area contributed by atoms with Gasteiger partial charge in [0.25, 0.3) is 5.91 Å². The van der Waals surface area contributed by atoms with Crippen molar-refractivity contribution in [2.24, 2.45) is 0 Å². The third kappa shape index (κ3) is 4.11. The van der Waals surface area contributed by atoms with Gasteiger partial charge in [-0.3, -0.25) is 9.59 Å². The maximum Gasteiger partial charge on any atom is 0.256 e. The number of anilines is 2. The lowest BCUT2D eigenvalue weighted by Crippen LogP contribution is -2.35. The van der Waals surface area contributed by atoms with Crippen LogP contribution in [-0.2, 0) is 16.0 Å². The van der Waals surface area contributed by atoms with Gasteiger partial charge < -0.3 is 14.8 Å². The molecule has 1 unspecified atom stereocenters. The van der Waals surface area contributed by atoms with Crippen LogP contribution in [0.3, 0.4) is 0 Å². The fourth-order valence-corrected chi connectivity index (χ4v) is 3.32. The molecule has 2 aromatic carbocycles. The maximum absolute atomic E-state index is 12.9. The van der Waals surface area contributed by atoms with Crippen molar-refractivity contribution in [2.75, 3.05) is 24.4 Å². The molecule has 1 atom stereocenters. The van der Waals surface area contributed by atoms with E-state index in [0.29, 0.717) is 17.2 Å². The number of nitrogens with zero attached hydrogens (tertiary/aromatic N) is 1. The summed E-state index contributed by atoms with van der Waals surface area (Å²) in [5.41, 5.74) is 2.53. The van der Waals surface area contributed by atoms with Gasteiger partial charge in [-0.2, -0.15) is 0 Å². The van der Waals surface area contributed by atoms with Crippen LogP contribution in [0.15, 0.2) is 42.5 Å². The Labute approximate surface area is 165 Å². The highest BCUT2D eigenvalue weighted by Gasteiger charge is 2.40. The van der Waals surface area contributed by atoms with Crippen LogP contribution in [0.5, 0.6) is 11.5 Å². The minimum atomic E-state index is -0.596. The number of ether oxygens (including phenoxy) is 2. The molecule has 0 aromatic heterocycles. The topological polar surface area (TPSA) is 67.9 Å². The Morgan fingerprint density at radius 2 is 1.82 bits per heavy atom. The number of imide groups is 1. The lowest BCUT2D eigenvalue weighted by atomic mass is 10.1. The summed E-state index contributed by atoms with van der Waals surface area (Å²) in [6, 6.07) is 12.5. The number of carbonyl (C=O) groups excluding carboxylic acids is 2. The number of rotatable bonds is 8. The van der Waals surface area contributed by atoms with Gasteiger partial charge >= 0.3 is 0 Å². The third-order valence-corrected chi connectivity index (χ3v) is 4.89. The Hall–Kier alpha value is -3.02. The molecule has 6 heteroatoms. The number of methoxy groups -OCH3 is 2. The minimum absolute atomic E-state index is 0.103. The molecule has 0 bridgehead atoms. The Bertz CT molecular complexity index is 848. The standard InChI is InChI=1S/C22H26N2O4/c1-4-5-6-15-7-9-16(10-8-15)23-18-14-21(25)24(22(18)26)19-12-11-17(27-2)13-20(19)28-3/h7-13,18,23H,4-6,14H2,1-3H3. The van der Waals surface area contributed by atoms with Gasteiger partial charge in [0.1, 0.15) is 17.5 Å². The summed E-state index contributed by atoms with van der Waals surface area (Å²) in [4.78, 5) is 26.7. The van der Waals surface area contributed by atoms with E-state index in [0.717, 1.165) is 24.9 Å². The molecule has 0 radical (unpaired) electrons. The molecule has 0 aliphatic carbocycles. The summed E-state index contributed by atoms with van der Waals surface area (Å²) in [5.74, 6) is 0.466. The quantitative estimate of drug-likeness (QED) is 0.704. The van der Waals surface area contributed by atoms with E-state index in [1.165, 1.54) is 17.6 Å². The summed E-state index contributed by atoms with van der Waals surface area (Å²) in [7, 11) is 3.05. The highest BCUT2D eigenvalue weighted by molar-refractivity contribution is 6.23. The van der Waals surface area contributed by atoms with Crippen LogP contribution in [0.4, 0.5) is 11.4 Å². The molecule has 2 amide bonds. The molecule has 3 rings (SSSR count). The monoisotopic (exact) mass is 382 g/mol. The van der Waals surface area contributed by atoms with Crippen LogP contribution in [0.2, 0.25) is 0 Å². The van der Waals surface area contributed by atoms with E-state index in [4.69, 9.17) is 9.47 Å². The van der Waals surface area contributed by atoms with Crippen molar-refractivity contribution in [1.29, 1.82) is 0 Å². The number of carbonyl (C=O) groups is 2. The second-order valence-corrected chi connectivity index (χ2v) is 6.81. The van der Waals surface area contributed by atoms with Crippen molar-refractivity contribution in [3.8, 4) is 11.5 Å². The van der Waals surface area contributed by atoms with E-state index in [2.05, 4.69) is 24.4 Å². The summed E-state index contributed by atoms with van der Waals surface area (Å²) in [5, 5.41) is 3.19. The van der Waals surface area contributed by atoms with Crippen molar-refractivity contribution < 1.29 is 19.1 Å². The summed E-state index contributed by atoms with van der Waals surface area (Å²) in [6.45, 7) is 2.17. The third-order valence-electron chi connectivity index (χ3n) is 4.89. The van der Waals surface area contributed by atoms with Gasteiger partial charge in [-0.25, -0.2) is 4.90 Å². The zero-order valence-corrected chi connectivity index (χ0v) is 16.5. The van der Waals surface area contributed by atoms with E-state index in [1.54, 1.807) is 25.3 Å². The highest BCUT2D eigenvalue weighted by atomic mass is 16.5. The Morgan fingerprint density at radius 1 is 1.07 bits per heavy atom. The highest BCUT2D eigenvalue weighted by Crippen LogP contribution is 2.35. The fraction of sp³-hybridized carbons (Fsp3) is 0.364. The van der Waals surface area contributed by atoms with Gasteiger partial charge in [-0.05, 0) is 42.7 Å². The molecule has 1 aliphatic heterocycles. The molecule has 0 spiro atoms. The van der Waals surface area contributed by atoms with Crippen LogP contribution in [0.1, 0.15) is 31.7 Å². The lowest BCUT2D eigenvalue weighted by molar-refractivity contribution is -0.121. The fourth-order valence-electron chi connectivity index (χ4n) is 3.32. The van der Waals surface area contributed by atoms with Crippen molar-refractivity contribution in [3.63, 3.8) is 0 Å². The number of nitrogens with one attached hydrogen (secondary N) is 1. The molecule has 148 valence electrons. The molecule has 28 heavy (non-hydrogen) atoms. The second-order valence-electron chi connectivity index (χ2n) is 6.81. The zero-order valence-electron chi connectivity index (χ0n) is 16.5. The molecule has 6 nitrogen and oxygen atoms in total. The molecule has 0 saturated carbocycles. The number of benzene rings is 2. The minimum Gasteiger partial charge on any atom is -0.497 e. The summed E-state index contributed by atoms with van der Waals surface area (Å²) < 4.78 is 10.5. The number of aryl methyl sites for hydroxylation is 1. The molecule has 1 fully saturated rings. The normalized spacial score (nSPS) is 16.4. The van der Waals surface area contributed by atoms with Crippen molar-refractivity contribution in [3.05, 3.63) is 48.0 Å². The van der Waals surface area contributed by atoms with Gasteiger partial charge in [-0.1, -0.05) is 25.5 Å². The SMILES string of the molecule is CCCCc1ccc(NC2CC(=O)N(c3ccc(OC)cc3OC)C2=O)cc1. The Balaban J connectivity index is 1.75. The summed E-state index contributed by atoms with van der Waals surface area (Å²) >= 11 is 0. The molecular formula is C22H26N2O4. The molecular weight excluding hydrogens is 356 g/mol. The van der Waals surface area contributed by atoms with E-state index >= 15 is 0 Å². The first-order valence-electron chi connectivity index (χ1n) is 9.51. The molecule has 1 saturated heterocycles. The van der Waals surface area contributed by atoms with Crippen LogP contribution >= 0.6 is 0 Å². The average Bonchev–Trinajstić information content (AvgIpc) is 2.99. The second kappa shape index (κ2) is 8.78. The van der Waals surface area contributed by atoms with E-state index in [1.807, 2.05) is 12.1 Å². The number of hydrogen-bond acceptors (Lipinski definition) is 5. The smallest absolute Gasteiger partial charge is 0.256 e. The predicted octanol–water partition coefficient (Wildman–Crippen LogP) is 3.79. The summed E-state index contributed by atoms with van der Waals surface area (Å²) in [6.07, 6.45) is 3.46. The van der Waals surface area contributed by atoms with Gasteiger partial charge in [0.15, 0.2) is 0 Å². The molecule has 2 aromatic rings. The molecule has 1 aliphatic rings. The van der Waals surface area contributed by atoms with Crippen molar-refractivity contribution in [2.45, 2.75) is 38.6 Å². The maximum atomic E-state index is 12.9. The van der Waals surface area contributed by atoms with E-state index < -0.39 is 6.04 Å². The first-order valence-corrected chi connectivity index (χ1v) is 9.51. The molecule has 1 N–H and O–H groups in total. The first kappa shape index (κ1) is 19.7. The first-order chi connectivity index (χ1) is 13.6. The number of hydrogen-bond donors (Lipinski definition) is 1. The largest absolute Gasteiger partial charge is 0.497 e. The Morgan fingerprint density at radius 3 is 2.46 bits per heavy atom. The Kier molecular flexibility index (Phi) is 6.19. The zero-order chi connectivity index (χ0) is 20.1. The van der Waals surface area contributed by atoms with Gasteiger partial charge in [0.05, 0.1) is 26.3 Å². The van der Waals surface area contributed by atoms with E-state index in [9.17, 15) is 9.59 Å². The van der Waals surface area contributed by atoms with Gasteiger partial charge in [0, 0.05) is 11.8 Å². The lowest BCUT2D eigenvalue weighted by Gasteiger charge is -2.19. The van der Waals surface area contributed by atoms with Crippen LogP contribution in [-0.4, -0.2) is 32.1 Å². The predicted molar refractivity (Wildman–Crippen MR) is 109 cm³/mol. The number of amides is 2. The molecule has 1 heterocycles. The van der Waals surface area contributed by atoms with Gasteiger partial charge in [-0.15, -0.1) is 0 Å². The van der Waals surface area contributed by atoms with Crippen LogP contribution < -0.4 is 19.7 Å². The van der Waals surface area contributed by atoms with Gasteiger partial charge in [0.2, 0.25) is 5.91 Å². The van der Waals surface area contributed by atoms with E-state index in [-0.39, 0.29) is 18.2 Å². The van der Waals surface area contributed by atoms with Crippen molar-refractivity contribution in [1.82, 2.24) is 0 Å². The van der Waals surface area contributed by atoms with Crippen LogP contribution in [0, 0.1) is 0 Å².